The molecule has 0 aromatic heterocycles. The topological polar surface area (TPSA) is 21.3 Å². The summed E-state index contributed by atoms with van der Waals surface area (Å²) >= 11 is 0. The molecule has 1 N–H and O–H groups in total. The van der Waals surface area contributed by atoms with Crippen LogP contribution in [-0.4, -0.2) is 13.7 Å². The first-order valence-electron chi connectivity index (χ1n) is 8.00. The minimum absolute atomic E-state index is 0.334. The Labute approximate surface area is 124 Å². The van der Waals surface area contributed by atoms with Crippen molar-refractivity contribution < 1.29 is 4.74 Å². The van der Waals surface area contributed by atoms with E-state index in [-0.39, 0.29) is 0 Å². The van der Waals surface area contributed by atoms with Crippen molar-refractivity contribution in [2.45, 2.75) is 59.4 Å². The standard InChI is InChI=1S/C18H31NO/c1-6-8-9-16(7-2)13-19-15(4)17-12-14(3)10-11-18(17)20-5/h10-12,15-16,19H,6-9,13H2,1-5H3. The normalized spacial score (nSPS) is 14.1. The molecule has 2 atom stereocenters. The lowest BCUT2D eigenvalue weighted by molar-refractivity contribution is 0.380. The van der Waals surface area contributed by atoms with E-state index in [4.69, 9.17) is 4.74 Å². The summed E-state index contributed by atoms with van der Waals surface area (Å²) in [6, 6.07) is 6.73. The van der Waals surface area contributed by atoms with E-state index in [2.05, 4.69) is 51.2 Å². The summed E-state index contributed by atoms with van der Waals surface area (Å²) in [7, 11) is 1.75. The number of nitrogens with one attached hydrogen (secondary N) is 1. The highest BCUT2D eigenvalue weighted by molar-refractivity contribution is 5.38. The van der Waals surface area contributed by atoms with E-state index < -0.39 is 0 Å². The van der Waals surface area contributed by atoms with Crippen molar-refractivity contribution in [3.05, 3.63) is 29.3 Å². The number of hydrogen-bond acceptors (Lipinski definition) is 2. The molecule has 2 unspecified atom stereocenters. The molecule has 0 heterocycles. The van der Waals surface area contributed by atoms with E-state index in [1.165, 1.54) is 36.8 Å². The molecule has 20 heavy (non-hydrogen) atoms. The Morgan fingerprint density at radius 2 is 2.00 bits per heavy atom. The molecule has 0 amide bonds. The van der Waals surface area contributed by atoms with Crippen LogP contribution >= 0.6 is 0 Å². The van der Waals surface area contributed by atoms with Crippen molar-refractivity contribution in [1.29, 1.82) is 0 Å². The van der Waals surface area contributed by atoms with Crippen LogP contribution in [-0.2, 0) is 0 Å². The second-order valence-corrected chi connectivity index (χ2v) is 5.79. The van der Waals surface area contributed by atoms with Gasteiger partial charge in [0.25, 0.3) is 0 Å². The Kier molecular flexibility index (Phi) is 7.68. The molecule has 0 radical (unpaired) electrons. The van der Waals surface area contributed by atoms with Gasteiger partial charge in [0.1, 0.15) is 5.75 Å². The van der Waals surface area contributed by atoms with Crippen LogP contribution in [0.3, 0.4) is 0 Å². The van der Waals surface area contributed by atoms with Crippen molar-refractivity contribution in [2.24, 2.45) is 5.92 Å². The lowest BCUT2D eigenvalue weighted by Crippen LogP contribution is -2.26. The van der Waals surface area contributed by atoms with Crippen LogP contribution in [0.4, 0.5) is 0 Å². The van der Waals surface area contributed by atoms with Crippen molar-refractivity contribution >= 4 is 0 Å². The first kappa shape index (κ1) is 17.0. The van der Waals surface area contributed by atoms with Gasteiger partial charge in [-0.2, -0.15) is 0 Å². The average Bonchev–Trinajstić information content (AvgIpc) is 2.47. The van der Waals surface area contributed by atoms with Crippen LogP contribution in [0, 0.1) is 12.8 Å². The van der Waals surface area contributed by atoms with E-state index >= 15 is 0 Å². The van der Waals surface area contributed by atoms with Crippen LogP contribution in [0.2, 0.25) is 0 Å². The fraction of sp³-hybridized carbons (Fsp3) is 0.667. The van der Waals surface area contributed by atoms with Crippen molar-refractivity contribution in [2.75, 3.05) is 13.7 Å². The predicted octanol–water partition coefficient (Wildman–Crippen LogP) is 4.87. The molecule has 114 valence electrons. The highest BCUT2D eigenvalue weighted by atomic mass is 16.5. The number of ether oxygens (including phenoxy) is 1. The average molecular weight is 277 g/mol. The monoisotopic (exact) mass is 277 g/mol. The highest BCUT2D eigenvalue weighted by Crippen LogP contribution is 2.26. The van der Waals surface area contributed by atoms with Crippen molar-refractivity contribution in [3.8, 4) is 5.75 Å². The fourth-order valence-electron chi connectivity index (χ4n) is 2.59. The van der Waals surface area contributed by atoms with Crippen LogP contribution in [0.25, 0.3) is 0 Å². The minimum Gasteiger partial charge on any atom is -0.496 e. The summed E-state index contributed by atoms with van der Waals surface area (Å²) in [5.74, 6) is 1.77. The molecule has 0 aliphatic rings. The van der Waals surface area contributed by atoms with E-state index in [1.807, 2.05) is 0 Å². The molecule has 0 saturated heterocycles. The second-order valence-electron chi connectivity index (χ2n) is 5.79. The molecular formula is C18H31NO. The molecule has 1 aromatic carbocycles. The summed E-state index contributed by atoms with van der Waals surface area (Å²) in [6.45, 7) is 10.0. The molecule has 0 aliphatic carbocycles. The van der Waals surface area contributed by atoms with Gasteiger partial charge in [-0.15, -0.1) is 0 Å². The molecule has 0 fully saturated rings. The third-order valence-electron chi connectivity index (χ3n) is 4.11. The Morgan fingerprint density at radius 1 is 1.25 bits per heavy atom. The van der Waals surface area contributed by atoms with E-state index in [9.17, 15) is 0 Å². The first-order valence-corrected chi connectivity index (χ1v) is 8.00. The number of unbranched alkanes of at least 4 members (excludes halogenated alkanes) is 1. The van der Waals surface area contributed by atoms with Gasteiger partial charge >= 0.3 is 0 Å². The lowest BCUT2D eigenvalue weighted by atomic mass is 9.98. The van der Waals surface area contributed by atoms with E-state index in [1.54, 1.807) is 7.11 Å². The SMILES string of the molecule is CCCCC(CC)CNC(C)c1cc(C)ccc1OC. The Morgan fingerprint density at radius 3 is 2.60 bits per heavy atom. The molecule has 1 aromatic rings. The maximum atomic E-state index is 5.48. The largest absolute Gasteiger partial charge is 0.496 e. The van der Waals surface area contributed by atoms with Gasteiger partial charge in [0.2, 0.25) is 0 Å². The molecular weight excluding hydrogens is 246 g/mol. The van der Waals surface area contributed by atoms with Gasteiger partial charge < -0.3 is 10.1 Å². The molecule has 0 aliphatic heterocycles. The Bertz CT molecular complexity index is 389. The van der Waals surface area contributed by atoms with E-state index in [0.29, 0.717) is 6.04 Å². The zero-order valence-corrected chi connectivity index (χ0v) is 13.8. The zero-order chi connectivity index (χ0) is 15.0. The zero-order valence-electron chi connectivity index (χ0n) is 13.8. The summed E-state index contributed by atoms with van der Waals surface area (Å²) < 4.78 is 5.48. The summed E-state index contributed by atoms with van der Waals surface area (Å²) in [4.78, 5) is 0. The number of benzene rings is 1. The molecule has 1 rings (SSSR count). The number of methoxy groups -OCH3 is 1. The third-order valence-corrected chi connectivity index (χ3v) is 4.11. The van der Waals surface area contributed by atoms with Crippen molar-refractivity contribution in [3.63, 3.8) is 0 Å². The maximum Gasteiger partial charge on any atom is 0.123 e. The maximum absolute atomic E-state index is 5.48. The minimum atomic E-state index is 0.334. The van der Waals surface area contributed by atoms with Gasteiger partial charge in [-0.25, -0.2) is 0 Å². The summed E-state index contributed by atoms with van der Waals surface area (Å²) in [5, 5.41) is 3.68. The lowest BCUT2D eigenvalue weighted by Gasteiger charge is -2.21. The van der Waals surface area contributed by atoms with E-state index in [0.717, 1.165) is 18.2 Å². The first-order chi connectivity index (χ1) is 9.62. The third kappa shape index (κ3) is 5.16. The summed E-state index contributed by atoms with van der Waals surface area (Å²) in [6.07, 6.45) is 5.21. The molecule has 0 bridgehead atoms. The van der Waals surface area contributed by atoms with Crippen LogP contribution in [0.15, 0.2) is 18.2 Å². The molecule has 2 heteroatoms. The Balaban J connectivity index is 2.61. The van der Waals surface area contributed by atoms with Gasteiger partial charge in [-0.3, -0.25) is 0 Å². The molecule has 0 spiro atoms. The smallest absolute Gasteiger partial charge is 0.123 e. The van der Waals surface area contributed by atoms with Gasteiger partial charge in [0.05, 0.1) is 7.11 Å². The number of rotatable bonds is 9. The predicted molar refractivity (Wildman–Crippen MR) is 87.5 cm³/mol. The van der Waals surface area contributed by atoms with Crippen LogP contribution in [0.5, 0.6) is 5.75 Å². The molecule has 2 nitrogen and oxygen atoms in total. The number of hydrogen-bond donors (Lipinski definition) is 1. The van der Waals surface area contributed by atoms with Gasteiger partial charge in [-0.05, 0) is 38.8 Å². The summed E-state index contributed by atoms with van der Waals surface area (Å²) in [5.41, 5.74) is 2.55. The van der Waals surface area contributed by atoms with Gasteiger partial charge in [-0.1, -0.05) is 50.8 Å². The van der Waals surface area contributed by atoms with Crippen LogP contribution < -0.4 is 10.1 Å². The number of aryl methyl sites for hydroxylation is 1. The van der Waals surface area contributed by atoms with Crippen LogP contribution in [0.1, 0.15) is 63.6 Å². The van der Waals surface area contributed by atoms with Crippen molar-refractivity contribution in [1.82, 2.24) is 5.32 Å². The van der Waals surface area contributed by atoms with Gasteiger partial charge in [0.15, 0.2) is 0 Å². The fourth-order valence-corrected chi connectivity index (χ4v) is 2.59. The van der Waals surface area contributed by atoms with Gasteiger partial charge in [0, 0.05) is 11.6 Å². The second kappa shape index (κ2) is 9.02. The highest BCUT2D eigenvalue weighted by Gasteiger charge is 2.13. The quantitative estimate of drug-likeness (QED) is 0.695. The molecule has 0 saturated carbocycles. The Hall–Kier alpha value is -1.02.